The second kappa shape index (κ2) is 15.3. The molecular weight excluding hydrogens is 378 g/mol. The Morgan fingerprint density at radius 3 is 2.57 bits per heavy atom. The predicted octanol–water partition coefficient (Wildman–Crippen LogP) is 4.13. The minimum Gasteiger partial charge on any atom is -0.493 e. The zero-order valence-electron chi connectivity index (χ0n) is 18.2. The molecule has 0 saturated carbocycles. The smallest absolute Gasteiger partial charge is 0.195 e. The number of nitrogens with zero attached hydrogens (tertiary/aromatic N) is 1. The summed E-state index contributed by atoms with van der Waals surface area (Å²) in [5.41, 5.74) is 2.26. The van der Waals surface area contributed by atoms with E-state index in [9.17, 15) is 0 Å². The number of hydrogen-bond acceptors (Lipinski definition) is 4. The van der Waals surface area contributed by atoms with Crippen LogP contribution in [-0.2, 0) is 15.9 Å². The molecule has 0 bridgehead atoms. The van der Waals surface area contributed by atoms with Crippen LogP contribution in [0.2, 0.25) is 0 Å². The van der Waals surface area contributed by atoms with E-state index in [2.05, 4.69) is 39.9 Å². The molecule has 0 aliphatic carbocycles. The molecule has 2 N–H and O–H groups in total. The molecule has 0 aliphatic rings. The third-order valence-electron chi connectivity index (χ3n) is 4.47. The molecule has 0 atom stereocenters. The van der Waals surface area contributed by atoms with E-state index in [0.717, 1.165) is 62.8 Å². The summed E-state index contributed by atoms with van der Waals surface area (Å²) in [5.74, 6) is 1.58. The number of methoxy groups -OCH3 is 1. The number of unbranched alkanes of at least 4 members (excludes halogenated alkanes) is 1. The molecule has 0 aliphatic heterocycles. The zero-order valence-corrected chi connectivity index (χ0v) is 18.2. The summed E-state index contributed by atoms with van der Waals surface area (Å²) in [6.07, 6.45) is 3.87. The largest absolute Gasteiger partial charge is 0.493 e. The van der Waals surface area contributed by atoms with Gasteiger partial charge in [0.05, 0.1) is 13.2 Å². The van der Waals surface area contributed by atoms with Gasteiger partial charge in [0, 0.05) is 52.1 Å². The normalized spacial score (nSPS) is 11.3. The van der Waals surface area contributed by atoms with Crippen molar-refractivity contribution in [3.05, 3.63) is 60.2 Å². The van der Waals surface area contributed by atoms with E-state index < -0.39 is 0 Å². The molecule has 0 fully saturated rings. The van der Waals surface area contributed by atoms with E-state index in [1.807, 2.05) is 30.3 Å². The molecular formula is C24H35N3O3. The lowest BCUT2D eigenvalue weighted by atomic mass is 10.2. The topological polar surface area (TPSA) is 64.1 Å². The minimum absolute atomic E-state index is 0.637. The van der Waals surface area contributed by atoms with Gasteiger partial charge in [-0.2, -0.15) is 0 Å². The second-order valence-electron chi connectivity index (χ2n) is 6.90. The molecule has 6 nitrogen and oxygen atoms in total. The SMILES string of the molecule is CN=C(NCCCCOCCc1ccccc1)Nc1cccc(OCCCOC)c1. The highest BCUT2D eigenvalue weighted by Gasteiger charge is 2.01. The summed E-state index contributed by atoms with van der Waals surface area (Å²) in [6.45, 7) is 3.73. The molecule has 0 amide bonds. The van der Waals surface area contributed by atoms with Gasteiger partial charge in [0.2, 0.25) is 0 Å². The number of rotatable bonds is 14. The van der Waals surface area contributed by atoms with Crippen LogP contribution in [0, 0.1) is 0 Å². The van der Waals surface area contributed by atoms with Crippen molar-refractivity contribution in [3.8, 4) is 5.75 Å². The maximum atomic E-state index is 5.74. The van der Waals surface area contributed by atoms with E-state index in [1.165, 1.54) is 5.56 Å². The lowest BCUT2D eigenvalue weighted by molar-refractivity contribution is 0.133. The molecule has 0 aromatic heterocycles. The molecule has 6 heteroatoms. The van der Waals surface area contributed by atoms with Crippen LogP contribution in [0.5, 0.6) is 5.75 Å². The molecule has 0 heterocycles. The quantitative estimate of drug-likeness (QED) is 0.277. The Bertz CT molecular complexity index is 723. The molecule has 0 unspecified atom stereocenters. The Labute approximate surface area is 180 Å². The van der Waals surface area contributed by atoms with Gasteiger partial charge in [-0.15, -0.1) is 0 Å². The second-order valence-corrected chi connectivity index (χ2v) is 6.90. The molecule has 2 aromatic carbocycles. The summed E-state index contributed by atoms with van der Waals surface area (Å²) in [4.78, 5) is 4.29. The Morgan fingerprint density at radius 1 is 0.900 bits per heavy atom. The number of aliphatic imine (C=N–C) groups is 1. The van der Waals surface area contributed by atoms with Crippen LogP contribution in [-0.4, -0.2) is 53.1 Å². The molecule has 30 heavy (non-hydrogen) atoms. The fourth-order valence-electron chi connectivity index (χ4n) is 2.85. The van der Waals surface area contributed by atoms with Crippen molar-refractivity contribution in [1.29, 1.82) is 0 Å². The van der Waals surface area contributed by atoms with Crippen molar-refractivity contribution in [2.45, 2.75) is 25.7 Å². The number of benzene rings is 2. The first kappa shape index (κ1) is 23.7. The number of ether oxygens (including phenoxy) is 3. The molecule has 0 spiro atoms. The Morgan fingerprint density at radius 2 is 1.77 bits per heavy atom. The highest BCUT2D eigenvalue weighted by Crippen LogP contribution is 2.17. The minimum atomic E-state index is 0.637. The van der Waals surface area contributed by atoms with Gasteiger partial charge in [-0.1, -0.05) is 36.4 Å². The average molecular weight is 414 g/mol. The van der Waals surface area contributed by atoms with Crippen LogP contribution in [0.3, 0.4) is 0 Å². The highest BCUT2D eigenvalue weighted by molar-refractivity contribution is 5.93. The lowest BCUT2D eigenvalue weighted by Crippen LogP contribution is -2.31. The van der Waals surface area contributed by atoms with Crippen molar-refractivity contribution in [1.82, 2.24) is 5.32 Å². The van der Waals surface area contributed by atoms with Crippen molar-refractivity contribution >= 4 is 11.6 Å². The van der Waals surface area contributed by atoms with Crippen LogP contribution in [0.4, 0.5) is 5.69 Å². The van der Waals surface area contributed by atoms with Crippen molar-refractivity contribution < 1.29 is 14.2 Å². The van der Waals surface area contributed by atoms with Crippen LogP contribution in [0.15, 0.2) is 59.6 Å². The van der Waals surface area contributed by atoms with Gasteiger partial charge < -0.3 is 24.8 Å². The standard InChI is InChI=1S/C24H35N3O3/c1-25-24(27-22-12-8-13-23(20-22)30-18-9-16-28-2)26-15-6-7-17-29-19-14-21-10-4-3-5-11-21/h3-5,8,10-13,20H,6-7,9,14-19H2,1-2H3,(H2,25,26,27). The molecule has 0 saturated heterocycles. The molecule has 0 radical (unpaired) electrons. The van der Waals surface area contributed by atoms with Crippen molar-refractivity contribution in [3.63, 3.8) is 0 Å². The average Bonchev–Trinajstić information content (AvgIpc) is 2.78. The number of guanidine groups is 1. The first-order chi connectivity index (χ1) is 14.8. The Balaban J connectivity index is 1.57. The van der Waals surface area contributed by atoms with Crippen LogP contribution in [0.1, 0.15) is 24.8 Å². The summed E-state index contributed by atoms with van der Waals surface area (Å²) in [7, 11) is 3.47. The first-order valence-electron chi connectivity index (χ1n) is 10.6. The first-order valence-corrected chi connectivity index (χ1v) is 10.6. The van der Waals surface area contributed by atoms with E-state index in [-0.39, 0.29) is 0 Å². The molecule has 164 valence electrons. The van der Waals surface area contributed by atoms with E-state index in [0.29, 0.717) is 13.2 Å². The Hall–Kier alpha value is -2.57. The van der Waals surface area contributed by atoms with Gasteiger partial charge in [0.15, 0.2) is 5.96 Å². The van der Waals surface area contributed by atoms with Gasteiger partial charge in [0.1, 0.15) is 5.75 Å². The Kier molecular flexibility index (Phi) is 12.1. The highest BCUT2D eigenvalue weighted by atomic mass is 16.5. The lowest BCUT2D eigenvalue weighted by Gasteiger charge is -2.13. The van der Waals surface area contributed by atoms with E-state index in [4.69, 9.17) is 14.2 Å². The predicted molar refractivity (Wildman–Crippen MR) is 124 cm³/mol. The summed E-state index contributed by atoms with van der Waals surface area (Å²) < 4.78 is 16.5. The molecule has 2 rings (SSSR count). The van der Waals surface area contributed by atoms with Crippen LogP contribution < -0.4 is 15.4 Å². The summed E-state index contributed by atoms with van der Waals surface area (Å²) in [5, 5.41) is 6.64. The third-order valence-corrected chi connectivity index (χ3v) is 4.47. The fraction of sp³-hybridized carbons (Fsp3) is 0.458. The monoisotopic (exact) mass is 413 g/mol. The number of hydrogen-bond donors (Lipinski definition) is 2. The maximum Gasteiger partial charge on any atom is 0.195 e. The van der Waals surface area contributed by atoms with Gasteiger partial charge in [-0.05, 0) is 37.0 Å². The molecule has 2 aromatic rings. The summed E-state index contributed by atoms with van der Waals surface area (Å²) >= 11 is 0. The van der Waals surface area contributed by atoms with Gasteiger partial charge >= 0.3 is 0 Å². The zero-order chi connectivity index (χ0) is 21.3. The maximum absolute atomic E-state index is 5.74. The van der Waals surface area contributed by atoms with Gasteiger partial charge in [0.25, 0.3) is 0 Å². The van der Waals surface area contributed by atoms with Crippen molar-refractivity contribution in [2.24, 2.45) is 4.99 Å². The van der Waals surface area contributed by atoms with E-state index in [1.54, 1.807) is 14.2 Å². The number of anilines is 1. The fourth-order valence-corrected chi connectivity index (χ4v) is 2.85. The number of nitrogens with one attached hydrogen (secondary N) is 2. The van der Waals surface area contributed by atoms with Crippen molar-refractivity contribution in [2.75, 3.05) is 52.4 Å². The van der Waals surface area contributed by atoms with Crippen LogP contribution >= 0.6 is 0 Å². The third kappa shape index (κ3) is 10.3. The van der Waals surface area contributed by atoms with Crippen LogP contribution in [0.25, 0.3) is 0 Å². The van der Waals surface area contributed by atoms with Gasteiger partial charge in [-0.25, -0.2) is 0 Å². The van der Waals surface area contributed by atoms with Gasteiger partial charge in [-0.3, -0.25) is 4.99 Å². The summed E-state index contributed by atoms with van der Waals surface area (Å²) in [6, 6.07) is 18.3. The van der Waals surface area contributed by atoms with E-state index >= 15 is 0 Å².